The Bertz CT molecular complexity index is 794. The predicted molar refractivity (Wildman–Crippen MR) is 114 cm³/mol. The quantitative estimate of drug-likeness (QED) is 0.568. The van der Waals surface area contributed by atoms with E-state index in [0.29, 0.717) is 17.5 Å². The lowest BCUT2D eigenvalue weighted by Gasteiger charge is -2.24. The second kappa shape index (κ2) is 8.54. The first-order valence-corrected chi connectivity index (χ1v) is 12.3. The van der Waals surface area contributed by atoms with Crippen LogP contribution in [-0.4, -0.2) is 44.5 Å². The van der Waals surface area contributed by atoms with Gasteiger partial charge in [0.2, 0.25) is 10.0 Å². The fourth-order valence-corrected chi connectivity index (χ4v) is 5.97. The number of carbonyl (C=O) groups is 1. The molecule has 1 heterocycles. The summed E-state index contributed by atoms with van der Waals surface area (Å²) in [6.45, 7) is 9.73. The van der Waals surface area contributed by atoms with Gasteiger partial charge in [0.05, 0.1) is 0 Å². The molecule has 3 rings (SSSR count). The van der Waals surface area contributed by atoms with Crippen LogP contribution in [0.5, 0.6) is 0 Å². The van der Waals surface area contributed by atoms with E-state index >= 15 is 0 Å². The number of fused-ring (bicyclic) bond motifs is 1. The lowest BCUT2D eigenvalue weighted by Crippen LogP contribution is -2.30. The van der Waals surface area contributed by atoms with E-state index in [0.717, 1.165) is 13.1 Å². The highest BCUT2D eigenvalue weighted by atomic mass is 32.2. The molecule has 5 nitrogen and oxygen atoms in total. The normalized spacial score (nSPS) is 26.8. The van der Waals surface area contributed by atoms with Crippen molar-refractivity contribution in [3.05, 3.63) is 29.8 Å². The topological polar surface area (TPSA) is 66.5 Å². The molecule has 1 saturated heterocycles. The number of carbonyl (C=O) groups excluding carboxylic acids is 1. The van der Waals surface area contributed by atoms with Gasteiger partial charge in [-0.15, -0.1) is 0 Å². The van der Waals surface area contributed by atoms with Crippen molar-refractivity contribution in [3.63, 3.8) is 0 Å². The molecular formula is C22H34N2O3S. The van der Waals surface area contributed by atoms with E-state index in [4.69, 9.17) is 0 Å². The summed E-state index contributed by atoms with van der Waals surface area (Å²) in [7, 11) is -3.64. The first-order chi connectivity index (χ1) is 13.3. The Kier molecular flexibility index (Phi) is 6.50. The predicted octanol–water partition coefficient (Wildman–Crippen LogP) is 3.81. The molecule has 1 aromatic carbocycles. The van der Waals surface area contributed by atoms with Gasteiger partial charge in [-0.2, -0.15) is 0 Å². The number of hydrogen-bond donors (Lipinski definition) is 1. The van der Waals surface area contributed by atoms with Gasteiger partial charge >= 0.3 is 0 Å². The molecule has 2 aliphatic rings. The summed E-state index contributed by atoms with van der Waals surface area (Å²) in [5.41, 5.74) is 1.90. The molecule has 2 fully saturated rings. The van der Waals surface area contributed by atoms with Crippen LogP contribution >= 0.6 is 0 Å². The number of ketones is 1. The Morgan fingerprint density at radius 3 is 2.54 bits per heavy atom. The third-order valence-corrected chi connectivity index (χ3v) is 7.91. The number of sulfonamides is 1. The van der Waals surface area contributed by atoms with Crippen LogP contribution in [0.3, 0.4) is 0 Å². The minimum absolute atomic E-state index is 0.139. The zero-order chi connectivity index (χ0) is 20.4. The molecule has 156 valence electrons. The van der Waals surface area contributed by atoms with Crippen molar-refractivity contribution >= 4 is 21.5 Å². The summed E-state index contributed by atoms with van der Waals surface area (Å²) in [6.07, 6.45) is 5.44. The second-order valence-corrected chi connectivity index (χ2v) is 10.4. The van der Waals surface area contributed by atoms with Crippen LogP contribution in [-0.2, 0) is 20.2 Å². The maximum absolute atomic E-state index is 12.2. The minimum atomic E-state index is -3.64. The molecule has 0 bridgehead atoms. The average molecular weight is 407 g/mol. The van der Waals surface area contributed by atoms with Gasteiger partial charge in [0.1, 0.15) is 11.5 Å². The van der Waals surface area contributed by atoms with Gasteiger partial charge in [0.15, 0.2) is 0 Å². The van der Waals surface area contributed by atoms with Gasteiger partial charge < -0.3 is 4.90 Å². The minimum Gasteiger partial charge on any atom is -0.303 e. The van der Waals surface area contributed by atoms with Crippen LogP contribution < -0.4 is 4.72 Å². The second-order valence-electron chi connectivity index (χ2n) is 8.65. The molecule has 28 heavy (non-hydrogen) atoms. The molecule has 1 aliphatic heterocycles. The Balaban J connectivity index is 1.59. The SMILES string of the molecule is CCCCCCN1CC2C(C1)C2(C)c1cccc(NS(=O)(=O)CC(=O)CC)c1. The van der Waals surface area contributed by atoms with Gasteiger partial charge in [-0.05, 0) is 42.5 Å². The fraction of sp³-hybridized carbons (Fsp3) is 0.682. The molecule has 1 N–H and O–H groups in total. The Morgan fingerprint density at radius 1 is 1.18 bits per heavy atom. The first-order valence-electron chi connectivity index (χ1n) is 10.6. The molecule has 0 amide bonds. The average Bonchev–Trinajstić information content (AvgIpc) is 3.01. The zero-order valence-electron chi connectivity index (χ0n) is 17.4. The van der Waals surface area contributed by atoms with Crippen LogP contribution in [0.25, 0.3) is 0 Å². The largest absolute Gasteiger partial charge is 0.303 e. The van der Waals surface area contributed by atoms with Crippen LogP contribution in [0, 0.1) is 11.8 Å². The van der Waals surface area contributed by atoms with E-state index in [1.54, 1.807) is 13.0 Å². The van der Waals surface area contributed by atoms with Crippen molar-refractivity contribution in [2.45, 2.75) is 58.3 Å². The Hall–Kier alpha value is -1.40. The van der Waals surface area contributed by atoms with Crippen LogP contribution in [0.2, 0.25) is 0 Å². The summed E-state index contributed by atoms with van der Waals surface area (Å²) < 4.78 is 27.0. The number of hydrogen-bond acceptors (Lipinski definition) is 4. The molecule has 6 heteroatoms. The maximum atomic E-state index is 12.2. The lowest BCUT2D eigenvalue weighted by molar-refractivity contribution is -0.116. The van der Waals surface area contributed by atoms with E-state index in [1.807, 2.05) is 12.1 Å². The highest BCUT2D eigenvalue weighted by molar-refractivity contribution is 7.93. The highest BCUT2D eigenvalue weighted by Gasteiger charge is 2.65. The third kappa shape index (κ3) is 4.60. The molecule has 0 radical (unpaired) electrons. The van der Waals surface area contributed by atoms with Gasteiger partial charge in [-0.3, -0.25) is 9.52 Å². The number of likely N-dealkylation sites (tertiary alicyclic amines) is 1. The third-order valence-electron chi connectivity index (χ3n) is 6.66. The Morgan fingerprint density at radius 2 is 1.89 bits per heavy atom. The number of unbranched alkanes of at least 4 members (excludes halogenated alkanes) is 3. The number of Topliss-reactive ketones (excluding diaryl/α,β-unsaturated/α-hetero) is 1. The molecule has 2 atom stereocenters. The number of nitrogens with one attached hydrogen (secondary N) is 1. The molecule has 2 unspecified atom stereocenters. The maximum Gasteiger partial charge on any atom is 0.239 e. The summed E-state index contributed by atoms with van der Waals surface area (Å²) >= 11 is 0. The molecule has 1 saturated carbocycles. The first kappa shape index (κ1) is 21.3. The molecule has 0 aromatic heterocycles. The molecular weight excluding hydrogens is 372 g/mol. The van der Waals surface area contributed by atoms with E-state index in [2.05, 4.69) is 29.5 Å². The van der Waals surface area contributed by atoms with Crippen LogP contribution in [0.4, 0.5) is 5.69 Å². The lowest BCUT2D eigenvalue weighted by atomic mass is 9.92. The van der Waals surface area contributed by atoms with Crippen LogP contribution in [0.15, 0.2) is 24.3 Å². The van der Waals surface area contributed by atoms with Crippen molar-refractivity contribution in [2.24, 2.45) is 11.8 Å². The smallest absolute Gasteiger partial charge is 0.239 e. The van der Waals surface area contributed by atoms with E-state index in [1.165, 1.54) is 37.8 Å². The standard InChI is InChI=1S/C22H34N2O3S/c1-4-6-7-8-12-24-14-20-21(15-24)22(20,3)17-10-9-11-18(13-17)23-28(26,27)16-19(25)5-2/h9-11,13,20-21,23H,4-8,12,14-16H2,1-3H3. The van der Waals surface area contributed by atoms with Gasteiger partial charge in [-0.1, -0.05) is 52.2 Å². The van der Waals surface area contributed by atoms with Crippen molar-refractivity contribution in [1.82, 2.24) is 4.90 Å². The van der Waals surface area contributed by atoms with Crippen molar-refractivity contribution in [1.29, 1.82) is 0 Å². The van der Waals surface area contributed by atoms with Crippen molar-refractivity contribution in [2.75, 3.05) is 30.1 Å². The van der Waals surface area contributed by atoms with Gasteiger partial charge in [0, 0.05) is 30.6 Å². The van der Waals surface area contributed by atoms with E-state index in [-0.39, 0.29) is 17.6 Å². The number of piperidine rings is 1. The van der Waals surface area contributed by atoms with Gasteiger partial charge in [-0.25, -0.2) is 8.42 Å². The number of rotatable bonds is 11. The summed E-state index contributed by atoms with van der Waals surface area (Å²) in [6, 6.07) is 7.74. The summed E-state index contributed by atoms with van der Waals surface area (Å²) in [5.74, 6) is 0.592. The van der Waals surface area contributed by atoms with Gasteiger partial charge in [0.25, 0.3) is 0 Å². The Labute approximate surface area is 169 Å². The summed E-state index contributed by atoms with van der Waals surface area (Å²) in [5, 5.41) is 0. The zero-order valence-corrected chi connectivity index (χ0v) is 18.2. The van der Waals surface area contributed by atoms with E-state index in [9.17, 15) is 13.2 Å². The molecule has 1 aromatic rings. The van der Waals surface area contributed by atoms with Crippen molar-refractivity contribution in [3.8, 4) is 0 Å². The highest BCUT2D eigenvalue weighted by Crippen LogP contribution is 2.63. The van der Waals surface area contributed by atoms with Crippen molar-refractivity contribution < 1.29 is 13.2 Å². The van der Waals surface area contributed by atoms with Crippen LogP contribution in [0.1, 0.15) is 58.4 Å². The monoisotopic (exact) mass is 406 g/mol. The van der Waals surface area contributed by atoms with E-state index < -0.39 is 15.8 Å². The summed E-state index contributed by atoms with van der Waals surface area (Å²) in [4.78, 5) is 14.1. The number of benzene rings is 1. The fourth-order valence-electron chi connectivity index (χ4n) is 4.78. The molecule has 1 aliphatic carbocycles. The number of nitrogens with zero attached hydrogens (tertiary/aromatic N) is 1. The number of anilines is 1. The molecule has 0 spiro atoms.